The van der Waals surface area contributed by atoms with Crippen LogP contribution in [-0.2, 0) is 0 Å². The molecule has 0 spiro atoms. The molecule has 1 atom stereocenters. The van der Waals surface area contributed by atoms with Crippen molar-refractivity contribution in [2.24, 2.45) is 0 Å². The number of nitrogens with zero attached hydrogens (tertiary/aromatic N) is 1. The number of amides is 1. The van der Waals surface area contributed by atoms with Crippen LogP contribution in [0.5, 0.6) is 11.5 Å². The number of aromatic nitrogens is 1. The number of ether oxygens (including phenoxy) is 2. The van der Waals surface area contributed by atoms with Crippen LogP contribution >= 0.6 is 0 Å². The molecule has 2 aromatic rings. The first-order chi connectivity index (χ1) is 11.1. The van der Waals surface area contributed by atoms with E-state index in [0.717, 1.165) is 5.56 Å². The number of carbonyl (C=O) groups is 1. The minimum absolute atomic E-state index is 0.192. The highest BCUT2D eigenvalue weighted by Gasteiger charge is 2.15. The molecule has 0 saturated heterocycles. The summed E-state index contributed by atoms with van der Waals surface area (Å²) in [6.07, 6.45) is 0. The number of rotatable bonds is 6. The highest BCUT2D eigenvalue weighted by Crippen LogP contribution is 2.29. The van der Waals surface area contributed by atoms with Crippen LogP contribution in [0.3, 0.4) is 0 Å². The summed E-state index contributed by atoms with van der Waals surface area (Å²) in [5, 5.41) is 5.84. The third-order valence-corrected chi connectivity index (χ3v) is 3.49. The highest BCUT2D eigenvalue weighted by molar-refractivity contribution is 5.92. The molecule has 1 unspecified atom stereocenters. The van der Waals surface area contributed by atoms with Gasteiger partial charge < -0.3 is 20.1 Å². The molecule has 6 heteroatoms. The van der Waals surface area contributed by atoms with Crippen LogP contribution in [0.15, 0.2) is 36.4 Å². The summed E-state index contributed by atoms with van der Waals surface area (Å²) in [5.74, 6) is 1.69. The first-order valence-electron chi connectivity index (χ1n) is 7.26. The lowest BCUT2D eigenvalue weighted by atomic mass is 10.1. The predicted molar refractivity (Wildman–Crippen MR) is 89.2 cm³/mol. The second-order valence-corrected chi connectivity index (χ2v) is 4.97. The van der Waals surface area contributed by atoms with E-state index in [0.29, 0.717) is 23.0 Å². The summed E-state index contributed by atoms with van der Waals surface area (Å²) in [4.78, 5) is 16.5. The first-order valence-corrected chi connectivity index (χ1v) is 7.26. The van der Waals surface area contributed by atoms with E-state index < -0.39 is 0 Å². The van der Waals surface area contributed by atoms with E-state index >= 15 is 0 Å². The molecule has 6 nitrogen and oxygen atoms in total. The normalized spacial score (nSPS) is 11.5. The molecule has 23 heavy (non-hydrogen) atoms. The average molecular weight is 315 g/mol. The van der Waals surface area contributed by atoms with Gasteiger partial charge in [0.1, 0.15) is 11.5 Å². The van der Waals surface area contributed by atoms with Crippen molar-refractivity contribution < 1.29 is 14.3 Å². The summed E-state index contributed by atoms with van der Waals surface area (Å²) < 4.78 is 10.5. The van der Waals surface area contributed by atoms with Gasteiger partial charge >= 0.3 is 0 Å². The van der Waals surface area contributed by atoms with E-state index in [2.05, 4.69) is 15.6 Å². The Kier molecular flexibility index (Phi) is 5.41. The van der Waals surface area contributed by atoms with E-state index in [1.165, 1.54) is 0 Å². The maximum atomic E-state index is 12.3. The number of hydrogen-bond acceptors (Lipinski definition) is 5. The Hall–Kier alpha value is -2.76. The van der Waals surface area contributed by atoms with Crippen LogP contribution in [0.1, 0.15) is 29.0 Å². The van der Waals surface area contributed by atoms with Crippen LogP contribution < -0.4 is 20.1 Å². The van der Waals surface area contributed by atoms with Crippen molar-refractivity contribution in [1.82, 2.24) is 10.3 Å². The van der Waals surface area contributed by atoms with Crippen LogP contribution in [-0.4, -0.2) is 32.2 Å². The van der Waals surface area contributed by atoms with Crippen LogP contribution in [0.25, 0.3) is 0 Å². The van der Waals surface area contributed by atoms with Gasteiger partial charge in [-0.3, -0.25) is 4.79 Å². The van der Waals surface area contributed by atoms with Gasteiger partial charge in [-0.2, -0.15) is 0 Å². The van der Waals surface area contributed by atoms with Crippen LogP contribution in [0.2, 0.25) is 0 Å². The minimum Gasteiger partial charge on any atom is -0.493 e. The Morgan fingerprint density at radius 2 is 1.87 bits per heavy atom. The molecule has 0 fully saturated rings. The average Bonchev–Trinajstić information content (AvgIpc) is 2.60. The number of methoxy groups -OCH3 is 2. The molecule has 0 radical (unpaired) electrons. The van der Waals surface area contributed by atoms with Crippen molar-refractivity contribution in [3.63, 3.8) is 0 Å². The molecule has 0 bridgehead atoms. The van der Waals surface area contributed by atoms with Crippen molar-refractivity contribution >= 4 is 11.7 Å². The molecule has 0 saturated carbocycles. The standard InChI is InChI=1S/C17H21N3O3/c1-11(12-8-9-14(22-3)15(10-12)23-4)19-17(21)13-6-5-7-16(18-2)20-13/h5-11H,1-4H3,(H,18,20)(H,19,21). The Labute approximate surface area is 135 Å². The molecule has 1 aromatic heterocycles. The Morgan fingerprint density at radius 3 is 2.52 bits per heavy atom. The van der Waals surface area contributed by atoms with E-state index in [4.69, 9.17) is 9.47 Å². The molecule has 1 aromatic carbocycles. The maximum absolute atomic E-state index is 12.3. The van der Waals surface area contributed by atoms with Crippen molar-refractivity contribution in [1.29, 1.82) is 0 Å². The van der Waals surface area contributed by atoms with Gasteiger partial charge in [-0.25, -0.2) is 4.98 Å². The maximum Gasteiger partial charge on any atom is 0.270 e. The third-order valence-electron chi connectivity index (χ3n) is 3.49. The zero-order chi connectivity index (χ0) is 16.8. The first kappa shape index (κ1) is 16.6. The van der Waals surface area contributed by atoms with Gasteiger partial charge in [0, 0.05) is 7.05 Å². The van der Waals surface area contributed by atoms with Crippen LogP contribution in [0.4, 0.5) is 5.82 Å². The van der Waals surface area contributed by atoms with Gasteiger partial charge in [0.05, 0.1) is 20.3 Å². The smallest absolute Gasteiger partial charge is 0.270 e. The summed E-state index contributed by atoms with van der Waals surface area (Å²) in [6, 6.07) is 10.6. The molecule has 2 rings (SSSR count). The lowest BCUT2D eigenvalue weighted by Gasteiger charge is -2.16. The molecule has 0 aliphatic rings. The lowest BCUT2D eigenvalue weighted by Crippen LogP contribution is -2.27. The van der Waals surface area contributed by atoms with Gasteiger partial charge in [-0.1, -0.05) is 12.1 Å². The molecule has 2 N–H and O–H groups in total. The van der Waals surface area contributed by atoms with Crippen molar-refractivity contribution in [2.75, 3.05) is 26.6 Å². The molecule has 0 aliphatic carbocycles. The van der Waals surface area contributed by atoms with Crippen molar-refractivity contribution in [3.8, 4) is 11.5 Å². The Bertz CT molecular complexity index is 689. The number of benzene rings is 1. The molecule has 0 aliphatic heterocycles. The summed E-state index contributed by atoms with van der Waals surface area (Å²) >= 11 is 0. The van der Waals surface area contributed by atoms with E-state index in [1.807, 2.05) is 25.1 Å². The fraction of sp³-hybridized carbons (Fsp3) is 0.294. The number of hydrogen-bond donors (Lipinski definition) is 2. The fourth-order valence-electron chi connectivity index (χ4n) is 2.18. The molecular formula is C17H21N3O3. The summed E-state index contributed by atoms with van der Waals surface area (Å²) in [6.45, 7) is 1.90. The van der Waals surface area contributed by atoms with E-state index in [9.17, 15) is 4.79 Å². The second kappa shape index (κ2) is 7.49. The Balaban J connectivity index is 2.14. The SMILES string of the molecule is CNc1cccc(C(=O)NC(C)c2ccc(OC)c(OC)c2)n1. The van der Waals surface area contributed by atoms with E-state index in [1.54, 1.807) is 39.5 Å². The van der Waals surface area contributed by atoms with Gasteiger partial charge in [0.25, 0.3) is 5.91 Å². The molecule has 1 heterocycles. The number of anilines is 1. The largest absolute Gasteiger partial charge is 0.493 e. The monoisotopic (exact) mass is 315 g/mol. The lowest BCUT2D eigenvalue weighted by molar-refractivity contribution is 0.0935. The van der Waals surface area contributed by atoms with Gasteiger partial charge in [0.2, 0.25) is 0 Å². The minimum atomic E-state index is -0.232. The quantitative estimate of drug-likeness (QED) is 0.857. The summed E-state index contributed by atoms with van der Waals surface area (Å²) in [7, 11) is 4.93. The Morgan fingerprint density at radius 1 is 1.13 bits per heavy atom. The number of nitrogens with one attached hydrogen (secondary N) is 2. The van der Waals surface area contributed by atoms with Gasteiger partial charge in [0.15, 0.2) is 11.5 Å². The molecule has 122 valence electrons. The van der Waals surface area contributed by atoms with Gasteiger partial charge in [-0.05, 0) is 36.8 Å². The van der Waals surface area contributed by atoms with E-state index in [-0.39, 0.29) is 11.9 Å². The molecule has 1 amide bonds. The van der Waals surface area contributed by atoms with Crippen molar-refractivity contribution in [3.05, 3.63) is 47.7 Å². The highest BCUT2D eigenvalue weighted by atomic mass is 16.5. The summed E-state index contributed by atoms with van der Waals surface area (Å²) in [5.41, 5.74) is 1.28. The predicted octanol–water partition coefficient (Wildman–Crippen LogP) is 2.63. The number of carbonyl (C=O) groups excluding carboxylic acids is 1. The van der Waals surface area contributed by atoms with Gasteiger partial charge in [-0.15, -0.1) is 0 Å². The zero-order valence-electron chi connectivity index (χ0n) is 13.7. The third kappa shape index (κ3) is 3.91. The molecular weight excluding hydrogens is 294 g/mol. The fourth-order valence-corrected chi connectivity index (χ4v) is 2.18. The zero-order valence-corrected chi connectivity index (χ0v) is 13.7. The van der Waals surface area contributed by atoms with Crippen molar-refractivity contribution in [2.45, 2.75) is 13.0 Å². The topological polar surface area (TPSA) is 72.5 Å². The number of pyridine rings is 1. The van der Waals surface area contributed by atoms with Crippen LogP contribution in [0, 0.1) is 0 Å². The second-order valence-electron chi connectivity index (χ2n) is 4.97.